The molecule has 0 radical (unpaired) electrons. The van der Waals surface area contributed by atoms with Gasteiger partial charge in [-0.15, -0.1) is 0 Å². The Labute approximate surface area is 154 Å². The molecular weight excluding hydrogens is 332 g/mol. The molecular formula is C19H28N4O3. The Morgan fingerprint density at radius 3 is 2.54 bits per heavy atom. The zero-order chi connectivity index (χ0) is 18.4. The molecule has 0 bridgehead atoms. The van der Waals surface area contributed by atoms with Crippen LogP contribution in [-0.4, -0.2) is 71.0 Å². The van der Waals surface area contributed by atoms with Crippen LogP contribution in [0.1, 0.15) is 42.6 Å². The third-order valence-corrected chi connectivity index (χ3v) is 5.34. The van der Waals surface area contributed by atoms with Crippen LogP contribution in [0, 0.1) is 5.92 Å². The maximum atomic E-state index is 12.6. The molecule has 3 rings (SSSR count). The van der Waals surface area contributed by atoms with E-state index in [0.29, 0.717) is 18.3 Å². The number of carboxylic acid groups (broad SMARTS) is 1. The molecule has 0 spiro atoms. The molecule has 7 heteroatoms. The fourth-order valence-electron chi connectivity index (χ4n) is 3.79. The minimum atomic E-state index is -1.02. The SMILES string of the molecule is O=C(O)c1cccc(NCCN2CCN(C(=O)C3CCCCC3)CC2)n1. The highest BCUT2D eigenvalue weighted by atomic mass is 16.4. The normalized spacial score (nSPS) is 19.3. The number of carbonyl (C=O) groups excluding carboxylic acids is 1. The second kappa shape index (κ2) is 8.98. The maximum Gasteiger partial charge on any atom is 0.354 e. The monoisotopic (exact) mass is 360 g/mol. The lowest BCUT2D eigenvalue weighted by molar-refractivity contribution is -0.138. The van der Waals surface area contributed by atoms with Gasteiger partial charge in [0.15, 0.2) is 5.69 Å². The van der Waals surface area contributed by atoms with Crippen LogP contribution in [0.3, 0.4) is 0 Å². The van der Waals surface area contributed by atoms with Gasteiger partial charge in [0.25, 0.3) is 0 Å². The molecule has 0 unspecified atom stereocenters. The molecule has 1 saturated carbocycles. The van der Waals surface area contributed by atoms with Crippen molar-refractivity contribution in [1.82, 2.24) is 14.8 Å². The highest BCUT2D eigenvalue weighted by molar-refractivity contribution is 5.85. The van der Waals surface area contributed by atoms with Crippen molar-refractivity contribution in [2.45, 2.75) is 32.1 Å². The first kappa shape index (κ1) is 18.6. The Kier molecular flexibility index (Phi) is 6.44. The summed E-state index contributed by atoms with van der Waals surface area (Å²) in [7, 11) is 0. The highest BCUT2D eigenvalue weighted by Crippen LogP contribution is 2.25. The molecule has 1 aliphatic heterocycles. The van der Waals surface area contributed by atoms with Crippen molar-refractivity contribution >= 4 is 17.7 Å². The second-order valence-corrected chi connectivity index (χ2v) is 7.14. The molecule has 1 aliphatic carbocycles. The Balaban J connectivity index is 1.38. The van der Waals surface area contributed by atoms with Crippen LogP contribution in [0.25, 0.3) is 0 Å². The molecule has 7 nitrogen and oxygen atoms in total. The van der Waals surface area contributed by atoms with Crippen molar-refractivity contribution in [1.29, 1.82) is 0 Å². The number of hydrogen-bond acceptors (Lipinski definition) is 5. The summed E-state index contributed by atoms with van der Waals surface area (Å²) in [5.74, 6) is 0.171. The molecule has 26 heavy (non-hydrogen) atoms. The van der Waals surface area contributed by atoms with E-state index >= 15 is 0 Å². The average Bonchev–Trinajstić information content (AvgIpc) is 2.69. The summed E-state index contributed by atoms with van der Waals surface area (Å²) in [5.41, 5.74) is 0.0461. The predicted molar refractivity (Wildman–Crippen MR) is 99.3 cm³/mol. The third kappa shape index (κ3) is 4.94. The lowest BCUT2D eigenvalue weighted by Crippen LogP contribution is -2.51. The Bertz CT molecular complexity index is 623. The highest BCUT2D eigenvalue weighted by Gasteiger charge is 2.28. The lowest BCUT2D eigenvalue weighted by atomic mass is 9.88. The molecule has 142 valence electrons. The number of anilines is 1. The predicted octanol–water partition coefficient (Wildman–Crippen LogP) is 1.92. The van der Waals surface area contributed by atoms with Crippen LogP contribution in [0.5, 0.6) is 0 Å². The zero-order valence-corrected chi connectivity index (χ0v) is 15.2. The Morgan fingerprint density at radius 1 is 1.12 bits per heavy atom. The van der Waals surface area contributed by atoms with Gasteiger partial charge >= 0.3 is 5.97 Å². The summed E-state index contributed by atoms with van der Waals surface area (Å²) < 4.78 is 0. The van der Waals surface area contributed by atoms with Crippen molar-refractivity contribution in [3.8, 4) is 0 Å². The number of rotatable bonds is 6. The maximum absolute atomic E-state index is 12.6. The lowest BCUT2D eigenvalue weighted by Gasteiger charge is -2.37. The zero-order valence-electron chi connectivity index (χ0n) is 15.2. The fraction of sp³-hybridized carbons (Fsp3) is 0.632. The van der Waals surface area contributed by atoms with E-state index in [0.717, 1.165) is 45.6 Å². The van der Waals surface area contributed by atoms with Gasteiger partial charge in [-0.2, -0.15) is 0 Å². The molecule has 1 amide bonds. The summed E-state index contributed by atoms with van der Waals surface area (Å²) in [6.45, 7) is 4.95. The first-order valence-electron chi connectivity index (χ1n) is 9.59. The van der Waals surface area contributed by atoms with Crippen LogP contribution in [0.4, 0.5) is 5.82 Å². The van der Waals surface area contributed by atoms with Crippen molar-refractivity contribution in [3.05, 3.63) is 23.9 Å². The Morgan fingerprint density at radius 2 is 1.85 bits per heavy atom. The van der Waals surface area contributed by atoms with Gasteiger partial charge < -0.3 is 15.3 Å². The van der Waals surface area contributed by atoms with Crippen LogP contribution in [0.15, 0.2) is 18.2 Å². The summed E-state index contributed by atoms with van der Waals surface area (Å²) in [6.07, 6.45) is 5.78. The van der Waals surface area contributed by atoms with Gasteiger partial charge in [-0.05, 0) is 25.0 Å². The van der Waals surface area contributed by atoms with Crippen molar-refractivity contribution < 1.29 is 14.7 Å². The molecule has 2 fully saturated rings. The van der Waals surface area contributed by atoms with Gasteiger partial charge in [0.2, 0.25) is 5.91 Å². The smallest absolute Gasteiger partial charge is 0.354 e. The van der Waals surface area contributed by atoms with Gasteiger partial charge in [0.05, 0.1) is 0 Å². The van der Waals surface area contributed by atoms with Crippen LogP contribution < -0.4 is 5.32 Å². The molecule has 2 heterocycles. The molecule has 2 N–H and O–H groups in total. The number of aromatic carboxylic acids is 1. The third-order valence-electron chi connectivity index (χ3n) is 5.34. The van der Waals surface area contributed by atoms with Gasteiger partial charge in [-0.25, -0.2) is 9.78 Å². The minimum Gasteiger partial charge on any atom is -0.477 e. The van der Waals surface area contributed by atoms with E-state index in [9.17, 15) is 9.59 Å². The van der Waals surface area contributed by atoms with Crippen LogP contribution in [-0.2, 0) is 4.79 Å². The molecule has 1 saturated heterocycles. The summed E-state index contributed by atoms with van der Waals surface area (Å²) in [4.78, 5) is 32.0. The number of carboxylic acids is 1. The van der Waals surface area contributed by atoms with E-state index in [-0.39, 0.29) is 11.6 Å². The van der Waals surface area contributed by atoms with Gasteiger partial charge in [-0.3, -0.25) is 9.69 Å². The molecule has 1 aromatic rings. The van der Waals surface area contributed by atoms with E-state index in [1.165, 1.54) is 25.3 Å². The Hall–Kier alpha value is -2.15. The summed E-state index contributed by atoms with van der Waals surface area (Å²) in [5, 5.41) is 12.1. The standard InChI is InChI=1S/C19H28N4O3/c24-18(15-5-2-1-3-6-15)23-13-11-22(12-14-23)10-9-20-17-8-4-7-16(21-17)19(25)26/h4,7-8,15H,1-3,5-6,9-14H2,(H,20,21)(H,25,26). The molecule has 1 aromatic heterocycles. The topological polar surface area (TPSA) is 85.8 Å². The first-order chi connectivity index (χ1) is 12.6. The second-order valence-electron chi connectivity index (χ2n) is 7.14. The number of nitrogens with one attached hydrogen (secondary N) is 1. The van der Waals surface area contributed by atoms with Crippen molar-refractivity contribution in [3.63, 3.8) is 0 Å². The number of carbonyl (C=O) groups is 2. The van der Waals surface area contributed by atoms with E-state index in [2.05, 4.69) is 15.2 Å². The number of pyridine rings is 1. The van der Waals surface area contributed by atoms with E-state index in [4.69, 9.17) is 5.11 Å². The largest absolute Gasteiger partial charge is 0.477 e. The van der Waals surface area contributed by atoms with Gasteiger partial charge in [-0.1, -0.05) is 25.3 Å². The number of piperazine rings is 1. The van der Waals surface area contributed by atoms with E-state index in [1.807, 2.05) is 4.90 Å². The molecule has 2 aliphatic rings. The quantitative estimate of drug-likeness (QED) is 0.806. The van der Waals surface area contributed by atoms with Crippen molar-refractivity contribution in [2.24, 2.45) is 5.92 Å². The minimum absolute atomic E-state index is 0.0461. The van der Waals surface area contributed by atoms with Crippen LogP contribution >= 0.6 is 0 Å². The first-order valence-corrected chi connectivity index (χ1v) is 9.59. The van der Waals surface area contributed by atoms with E-state index < -0.39 is 5.97 Å². The average molecular weight is 360 g/mol. The van der Waals surface area contributed by atoms with Crippen molar-refractivity contribution in [2.75, 3.05) is 44.6 Å². The van der Waals surface area contributed by atoms with E-state index in [1.54, 1.807) is 12.1 Å². The molecule has 0 atom stereocenters. The summed E-state index contributed by atoms with van der Waals surface area (Å²) in [6, 6.07) is 4.94. The number of nitrogens with zero attached hydrogens (tertiary/aromatic N) is 3. The van der Waals surface area contributed by atoms with Gasteiger partial charge in [0, 0.05) is 45.2 Å². The molecule has 0 aromatic carbocycles. The number of amides is 1. The number of aromatic nitrogens is 1. The summed E-state index contributed by atoms with van der Waals surface area (Å²) >= 11 is 0. The fourth-order valence-corrected chi connectivity index (χ4v) is 3.79. The van der Waals surface area contributed by atoms with Gasteiger partial charge in [0.1, 0.15) is 5.82 Å². The number of hydrogen-bond donors (Lipinski definition) is 2. The van der Waals surface area contributed by atoms with Crippen LogP contribution in [0.2, 0.25) is 0 Å².